The van der Waals surface area contributed by atoms with E-state index in [2.05, 4.69) is 0 Å². The van der Waals surface area contributed by atoms with Gasteiger partial charge in [-0.05, 0) is 32.1 Å². The molecular weight excluding hydrogens is 392 g/mol. The standard InChI is InChI=1S/C21H21BClNO5/c1-24-7-6-21(22,17(28)10-24)19-15(27)8-13(25)18-14(26)9-16(29-20(18)19)11-4-2-3-5-12(11)23/h2-5,8-9,17,25,27-28H,6-7,10,22H2,1H3/t17-,21-/m1/s1. The number of hydrogen-bond donors (Lipinski definition) is 3. The largest absolute Gasteiger partial charge is 0.507 e. The lowest BCUT2D eigenvalue weighted by molar-refractivity contribution is 0.0447. The molecule has 2 aromatic carbocycles. The Morgan fingerprint density at radius 3 is 2.66 bits per heavy atom. The van der Waals surface area contributed by atoms with Crippen LogP contribution in [0.15, 0.2) is 45.6 Å². The number of rotatable bonds is 2. The fourth-order valence-electron chi connectivity index (χ4n) is 4.12. The Bertz CT molecular complexity index is 1160. The van der Waals surface area contributed by atoms with Crippen LogP contribution < -0.4 is 5.43 Å². The minimum Gasteiger partial charge on any atom is -0.507 e. The molecule has 3 N–H and O–H groups in total. The van der Waals surface area contributed by atoms with E-state index in [0.29, 0.717) is 35.7 Å². The minimum absolute atomic E-state index is 0.0269. The molecule has 0 radical (unpaired) electrons. The van der Waals surface area contributed by atoms with Crippen LogP contribution in [0.1, 0.15) is 12.0 Å². The number of phenolic OH excluding ortho intramolecular Hbond substituents is 2. The van der Waals surface area contributed by atoms with Crippen LogP contribution in [-0.2, 0) is 5.31 Å². The lowest BCUT2D eigenvalue weighted by atomic mass is 9.56. The van der Waals surface area contributed by atoms with E-state index >= 15 is 0 Å². The average Bonchev–Trinajstić information content (AvgIpc) is 2.65. The maximum atomic E-state index is 12.9. The van der Waals surface area contributed by atoms with Gasteiger partial charge in [0.25, 0.3) is 0 Å². The van der Waals surface area contributed by atoms with Crippen molar-refractivity contribution in [2.45, 2.75) is 17.8 Å². The molecule has 4 rings (SSSR count). The highest BCUT2D eigenvalue weighted by atomic mass is 35.5. The summed E-state index contributed by atoms with van der Waals surface area (Å²) in [6, 6.07) is 9.36. The Kier molecular flexibility index (Phi) is 4.85. The first-order valence-electron chi connectivity index (χ1n) is 9.37. The number of likely N-dealkylation sites (N-methyl/N-ethyl adjacent to an activating group) is 1. The highest BCUT2D eigenvalue weighted by Crippen LogP contribution is 2.45. The van der Waals surface area contributed by atoms with E-state index in [-0.39, 0.29) is 28.2 Å². The van der Waals surface area contributed by atoms with Crippen LogP contribution in [0.25, 0.3) is 22.3 Å². The van der Waals surface area contributed by atoms with Gasteiger partial charge in [-0.1, -0.05) is 23.7 Å². The molecule has 0 spiro atoms. The Labute approximate surface area is 173 Å². The van der Waals surface area contributed by atoms with Crippen molar-refractivity contribution in [2.24, 2.45) is 0 Å². The summed E-state index contributed by atoms with van der Waals surface area (Å²) in [6.07, 6.45) is -0.257. The van der Waals surface area contributed by atoms with Gasteiger partial charge in [-0.3, -0.25) is 4.79 Å². The Balaban J connectivity index is 2.05. The van der Waals surface area contributed by atoms with Crippen molar-refractivity contribution in [3.8, 4) is 22.8 Å². The summed E-state index contributed by atoms with van der Waals surface area (Å²) in [7, 11) is 3.74. The lowest BCUT2D eigenvalue weighted by Gasteiger charge is -2.43. The molecule has 6 nitrogen and oxygen atoms in total. The van der Waals surface area contributed by atoms with Crippen molar-refractivity contribution >= 4 is 30.4 Å². The van der Waals surface area contributed by atoms with Crippen LogP contribution in [0.2, 0.25) is 5.02 Å². The molecule has 0 amide bonds. The summed E-state index contributed by atoms with van der Waals surface area (Å²) in [4.78, 5) is 14.9. The van der Waals surface area contributed by atoms with Gasteiger partial charge in [0.05, 0.1) is 11.1 Å². The SMILES string of the molecule is B[C@]1(c2c(O)cc(O)c3c(=O)cc(-c4ccccc4Cl)oc23)CCN(C)C[C@H]1O. The molecule has 0 bridgehead atoms. The van der Waals surface area contributed by atoms with Crippen molar-refractivity contribution < 1.29 is 19.7 Å². The second kappa shape index (κ2) is 7.09. The molecule has 8 heteroatoms. The van der Waals surface area contributed by atoms with Gasteiger partial charge < -0.3 is 24.6 Å². The van der Waals surface area contributed by atoms with E-state index in [4.69, 9.17) is 16.0 Å². The number of β-amino-alcohol motifs (C(OH)–C–C–N with tert-alkyl or cyclic N) is 1. The van der Waals surface area contributed by atoms with Crippen LogP contribution in [0, 0.1) is 0 Å². The first-order valence-corrected chi connectivity index (χ1v) is 9.75. The van der Waals surface area contributed by atoms with E-state index in [1.807, 2.05) is 19.8 Å². The maximum Gasteiger partial charge on any atom is 0.197 e. The molecule has 0 aliphatic carbocycles. The number of aliphatic hydroxyl groups is 1. The average molecular weight is 414 g/mol. The van der Waals surface area contributed by atoms with Gasteiger partial charge in [0.15, 0.2) is 5.43 Å². The number of aliphatic hydroxyl groups excluding tert-OH is 1. The van der Waals surface area contributed by atoms with Crippen molar-refractivity contribution in [3.05, 3.63) is 57.2 Å². The number of likely N-dealkylation sites (tertiary alicyclic amines) is 1. The molecule has 150 valence electrons. The molecule has 1 fully saturated rings. The first-order chi connectivity index (χ1) is 13.7. The molecular formula is C21H21BClNO5. The number of piperidine rings is 1. The number of hydrogen-bond acceptors (Lipinski definition) is 6. The van der Waals surface area contributed by atoms with E-state index < -0.39 is 16.8 Å². The Hall–Kier alpha value is -2.48. The predicted octanol–water partition coefficient (Wildman–Crippen LogP) is 2.05. The number of benzene rings is 2. The van der Waals surface area contributed by atoms with Gasteiger partial charge in [0.1, 0.15) is 36.1 Å². The minimum atomic E-state index is -0.864. The Morgan fingerprint density at radius 1 is 1.24 bits per heavy atom. The molecule has 0 saturated carbocycles. The second-order valence-electron chi connectivity index (χ2n) is 7.89. The highest BCUT2D eigenvalue weighted by Gasteiger charge is 2.43. The second-order valence-corrected chi connectivity index (χ2v) is 8.30. The third kappa shape index (κ3) is 3.19. The highest BCUT2D eigenvalue weighted by molar-refractivity contribution is 6.33. The van der Waals surface area contributed by atoms with Crippen molar-refractivity contribution in [1.82, 2.24) is 4.90 Å². The van der Waals surface area contributed by atoms with Gasteiger partial charge in [-0.2, -0.15) is 0 Å². The summed E-state index contributed by atoms with van der Waals surface area (Å²) >= 11 is 6.27. The number of halogens is 1. The molecule has 3 aromatic rings. The summed E-state index contributed by atoms with van der Waals surface area (Å²) < 4.78 is 6.07. The lowest BCUT2D eigenvalue weighted by Crippen LogP contribution is -2.53. The topological polar surface area (TPSA) is 94.1 Å². The van der Waals surface area contributed by atoms with Crippen molar-refractivity contribution in [2.75, 3.05) is 20.1 Å². The summed E-state index contributed by atoms with van der Waals surface area (Å²) in [6.45, 7) is 1.11. The van der Waals surface area contributed by atoms with Crippen LogP contribution >= 0.6 is 11.6 Å². The van der Waals surface area contributed by atoms with Crippen LogP contribution in [0.4, 0.5) is 0 Å². The fraction of sp³-hybridized carbons (Fsp3) is 0.286. The predicted molar refractivity (Wildman–Crippen MR) is 115 cm³/mol. The van der Waals surface area contributed by atoms with E-state index in [1.54, 1.807) is 24.3 Å². The number of nitrogens with zero attached hydrogens (tertiary/aromatic N) is 1. The normalized spacial score (nSPS) is 22.8. The quantitative estimate of drug-likeness (QED) is 0.557. The summed E-state index contributed by atoms with van der Waals surface area (Å²) in [5.74, 6) is -0.363. The summed E-state index contributed by atoms with van der Waals surface area (Å²) in [5, 5.41) is 31.4. The number of phenols is 2. The third-order valence-corrected chi connectivity index (χ3v) is 6.23. The van der Waals surface area contributed by atoms with Crippen molar-refractivity contribution in [3.63, 3.8) is 0 Å². The molecule has 1 aliphatic rings. The van der Waals surface area contributed by atoms with Crippen molar-refractivity contribution in [1.29, 1.82) is 0 Å². The molecule has 2 atom stereocenters. The zero-order chi connectivity index (χ0) is 20.9. The molecule has 1 aliphatic heterocycles. The third-order valence-electron chi connectivity index (χ3n) is 5.90. The number of fused-ring (bicyclic) bond motifs is 1. The van der Waals surface area contributed by atoms with Gasteiger partial charge in [0.2, 0.25) is 0 Å². The van der Waals surface area contributed by atoms with Crippen LogP contribution in [-0.4, -0.2) is 54.3 Å². The molecule has 29 heavy (non-hydrogen) atoms. The van der Waals surface area contributed by atoms with Crippen LogP contribution in [0.3, 0.4) is 0 Å². The zero-order valence-electron chi connectivity index (χ0n) is 16.1. The molecule has 1 saturated heterocycles. The van der Waals surface area contributed by atoms with Crippen LogP contribution in [0.5, 0.6) is 11.5 Å². The fourth-order valence-corrected chi connectivity index (χ4v) is 4.35. The van der Waals surface area contributed by atoms with Gasteiger partial charge in [0, 0.05) is 35.1 Å². The monoisotopic (exact) mass is 413 g/mol. The molecule has 0 unspecified atom stereocenters. The molecule has 2 heterocycles. The smallest absolute Gasteiger partial charge is 0.197 e. The van der Waals surface area contributed by atoms with E-state index in [0.717, 1.165) is 6.07 Å². The van der Waals surface area contributed by atoms with E-state index in [1.165, 1.54) is 6.07 Å². The summed E-state index contributed by atoms with van der Waals surface area (Å²) in [5.41, 5.74) is 0.454. The Morgan fingerprint density at radius 2 is 1.97 bits per heavy atom. The first kappa shape index (κ1) is 19.8. The van der Waals surface area contributed by atoms with E-state index in [9.17, 15) is 20.1 Å². The molecule has 1 aromatic heterocycles. The number of aromatic hydroxyl groups is 2. The zero-order valence-corrected chi connectivity index (χ0v) is 16.9. The van der Waals surface area contributed by atoms with Gasteiger partial charge >= 0.3 is 0 Å². The maximum absolute atomic E-state index is 12.9. The van der Waals surface area contributed by atoms with Gasteiger partial charge in [-0.25, -0.2) is 0 Å². The van der Waals surface area contributed by atoms with Gasteiger partial charge in [-0.15, -0.1) is 0 Å².